The molecule has 0 N–H and O–H groups in total. The van der Waals surface area contributed by atoms with Crippen LogP contribution in [0.15, 0.2) is 53.0 Å². The first-order chi connectivity index (χ1) is 9.33. The van der Waals surface area contributed by atoms with Crippen molar-refractivity contribution in [2.24, 2.45) is 0 Å². The third kappa shape index (κ3) is 1.77. The molecule has 0 fully saturated rings. The zero-order valence-corrected chi connectivity index (χ0v) is 12.5. The van der Waals surface area contributed by atoms with Gasteiger partial charge < -0.3 is 0 Å². The SMILES string of the molecule is Brc1ccccc1-c1nc2c(s1)Cc1ccccc1-2. The van der Waals surface area contributed by atoms with Crippen LogP contribution in [0, 0.1) is 0 Å². The van der Waals surface area contributed by atoms with Gasteiger partial charge in [-0.3, -0.25) is 0 Å². The zero-order valence-electron chi connectivity index (χ0n) is 10.1. The van der Waals surface area contributed by atoms with Gasteiger partial charge in [-0.25, -0.2) is 4.98 Å². The lowest BCUT2D eigenvalue weighted by atomic mass is 10.1. The van der Waals surface area contributed by atoms with Crippen LogP contribution < -0.4 is 0 Å². The Bertz CT molecular complexity index is 776. The molecule has 3 aromatic rings. The molecule has 19 heavy (non-hydrogen) atoms. The van der Waals surface area contributed by atoms with Crippen molar-refractivity contribution in [1.82, 2.24) is 4.98 Å². The van der Waals surface area contributed by atoms with Crippen molar-refractivity contribution in [3.8, 4) is 21.8 Å². The second-order valence-electron chi connectivity index (χ2n) is 4.60. The van der Waals surface area contributed by atoms with Crippen molar-refractivity contribution in [2.45, 2.75) is 6.42 Å². The number of thiazole rings is 1. The number of hydrogen-bond donors (Lipinski definition) is 0. The minimum absolute atomic E-state index is 1.02. The Labute approximate surface area is 124 Å². The molecule has 0 aliphatic heterocycles. The summed E-state index contributed by atoms with van der Waals surface area (Å²) in [5.41, 5.74) is 5.05. The van der Waals surface area contributed by atoms with E-state index in [1.807, 2.05) is 6.07 Å². The Kier molecular flexibility index (Phi) is 2.57. The summed E-state index contributed by atoms with van der Waals surface area (Å²) in [7, 11) is 0. The van der Waals surface area contributed by atoms with Gasteiger partial charge in [-0.15, -0.1) is 11.3 Å². The standard InChI is InChI=1S/C16H10BrNS/c17-13-8-4-3-7-12(13)16-18-15-11-6-2-1-5-10(11)9-14(15)19-16/h1-8H,9H2. The lowest BCUT2D eigenvalue weighted by Gasteiger charge is -2.01. The molecule has 0 bridgehead atoms. The van der Waals surface area contributed by atoms with E-state index in [9.17, 15) is 0 Å². The number of aromatic nitrogens is 1. The van der Waals surface area contributed by atoms with Crippen molar-refractivity contribution in [3.05, 3.63) is 63.4 Å². The molecule has 1 aliphatic rings. The van der Waals surface area contributed by atoms with Crippen molar-refractivity contribution < 1.29 is 0 Å². The number of fused-ring (bicyclic) bond motifs is 3. The van der Waals surface area contributed by atoms with E-state index >= 15 is 0 Å². The molecule has 4 rings (SSSR count). The lowest BCUT2D eigenvalue weighted by molar-refractivity contribution is 1.31. The van der Waals surface area contributed by atoms with Crippen molar-refractivity contribution in [2.75, 3.05) is 0 Å². The van der Waals surface area contributed by atoms with E-state index < -0.39 is 0 Å². The Morgan fingerprint density at radius 2 is 1.68 bits per heavy atom. The van der Waals surface area contributed by atoms with E-state index in [-0.39, 0.29) is 0 Å². The molecular formula is C16H10BrNS. The minimum atomic E-state index is 1.02. The van der Waals surface area contributed by atoms with Gasteiger partial charge in [-0.2, -0.15) is 0 Å². The highest BCUT2D eigenvalue weighted by atomic mass is 79.9. The predicted molar refractivity (Wildman–Crippen MR) is 83.5 cm³/mol. The zero-order chi connectivity index (χ0) is 12.8. The fourth-order valence-corrected chi connectivity index (χ4v) is 4.25. The maximum atomic E-state index is 4.85. The molecule has 0 radical (unpaired) electrons. The van der Waals surface area contributed by atoms with Gasteiger partial charge in [0.25, 0.3) is 0 Å². The minimum Gasteiger partial charge on any atom is -0.236 e. The van der Waals surface area contributed by atoms with Crippen LogP contribution in [0.25, 0.3) is 21.8 Å². The Balaban J connectivity index is 1.87. The third-order valence-electron chi connectivity index (χ3n) is 3.43. The largest absolute Gasteiger partial charge is 0.236 e. The highest BCUT2D eigenvalue weighted by molar-refractivity contribution is 9.10. The fraction of sp³-hybridized carbons (Fsp3) is 0.0625. The Morgan fingerprint density at radius 3 is 2.53 bits per heavy atom. The quantitative estimate of drug-likeness (QED) is 0.471. The van der Waals surface area contributed by atoms with Gasteiger partial charge in [0.1, 0.15) is 5.01 Å². The van der Waals surface area contributed by atoms with Crippen LogP contribution >= 0.6 is 27.3 Å². The van der Waals surface area contributed by atoms with Crippen LogP contribution in [0.4, 0.5) is 0 Å². The molecular weight excluding hydrogens is 318 g/mol. The molecule has 0 saturated carbocycles. The second kappa shape index (κ2) is 4.29. The first-order valence-corrected chi connectivity index (χ1v) is 7.77. The first kappa shape index (κ1) is 11.4. The van der Waals surface area contributed by atoms with Crippen LogP contribution in [0.2, 0.25) is 0 Å². The Hall–Kier alpha value is -1.45. The van der Waals surface area contributed by atoms with Gasteiger partial charge >= 0.3 is 0 Å². The van der Waals surface area contributed by atoms with E-state index in [2.05, 4.69) is 58.4 Å². The molecule has 0 saturated heterocycles. The summed E-state index contributed by atoms with van der Waals surface area (Å²) in [5, 5.41) is 1.10. The summed E-state index contributed by atoms with van der Waals surface area (Å²) >= 11 is 5.41. The Morgan fingerprint density at radius 1 is 0.947 bits per heavy atom. The van der Waals surface area contributed by atoms with Crippen molar-refractivity contribution in [1.29, 1.82) is 0 Å². The van der Waals surface area contributed by atoms with Gasteiger partial charge in [-0.1, -0.05) is 58.4 Å². The maximum absolute atomic E-state index is 4.85. The summed E-state index contributed by atoms with van der Waals surface area (Å²) in [4.78, 5) is 6.23. The molecule has 1 aromatic heterocycles. The molecule has 0 unspecified atom stereocenters. The predicted octanol–water partition coefficient (Wildman–Crippen LogP) is 5.14. The lowest BCUT2D eigenvalue weighted by Crippen LogP contribution is -1.82. The van der Waals surface area contributed by atoms with E-state index in [1.54, 1.807) is 11.3 Å². The van der Waals surface area contributed by atoms with E-state index in [0.717, 1.165) is 15.9 Å². The average Bonchev–Trinajstić information content (AvgIpc) is 2.96. The van der Waals surface area contributed by atoms with Crippen LogP contribution in [-0.2, 0) is 6.42 Å². The maximum Gasteiger partial charge on any atom is 0.125 e. The molecule has 2 aromatic carbocycles. The molecule has 3 heteroatoms. The number of rotatable bonds is 1. The molecule has 0 spiro atoms. The number of halogens is 1. The smallest absolute Gasteiger partial charge is 0.125 e. The molecule has 0 atom stereocenters. The monoisotopic (exact) mass is 327 g/mol. The summed E-state index contributed by atoms with van der Waals surface area (Å²) in [5.74, 6) is 0. The highest BCUT2D eigenvalue weighted by Gasteiger charge is 2.23. The van der Waals surface area contributed by atoms with E-state index in [1.165, 1.54) is 27.3 Å². The molecule has 0 amide bonds. The van der Waals surface area contributed by atoms with Crippen LogP contribution in [0.3, 0.4) is 0 Å². The molecule has 1 aliphatic carbocycles. The second-order valence-corrected chi connectivity index (χ2v) is 6.54. The summed E-state index contributed by atoms with van der Waals surface area (Å²) in [6.07, 6.45) is 1.02. The van der Waals surface area contributed by atoms with E-state index in [0.29, 0.717) is 0 Å². The van der Waals surface area contributed by atoms with Crippen LogP contribution in [-0.4, -0.2) is 4.98 Å². The third-order valence-corrected chi connectivity index (χ3v) is 5.21. The number of benzene rings is 2. The first-order valence-electron chi connectivity index (χ1n) is 6.16. The van der Waals surface area contributed by atoms with Crippen LogP contribution in [0.1, 0.15) is 10.4 Å². The summed E-state index contributed by atoms with van der Waals surface area (Å²) in [6.45, 7) is 0. The topological polar surface area (TPSA) is 12.9 Å². The summed E-state index contributed by atoms with van der Waals surface area (Å²) in [6, 6.07) is 16.8. The fourth-order valence-electron chi connectivity index (χ4n) is 2.51. The molecule has 92 valence electrons. The van der Waals surface area contributed by atoms with Crippen molar-refractivity contribution in [3.63, 3.8) is 0 Å². The van der Waals surface area contributed by atoms with Gasteiger partial charge in [0, 0.05) is 26.9 Å². The molecule has 1 nitrogen and oxygen atoms in total. The van der Waals surface area contributed by atoms with Gasteiger partial charge in [0.05, 0.1) is 5.69 Å². The summed E-state index contributed by atoms with van der Waals surface area (Å²) < 4.78 is 1.11. The van der Waals surface area contributed by atoms with E-state index in [4.69, 9.17) is 4.98 Å². The molecule has 1 heterocycles. The number of nitrogens with zero attached hydrogens (tertiary/aromatic N) is 1. The van der Waals surface area contributed by atoms with Gasteiger partial charge in [-0.05, 0) is 11.6 Å². The van der Waals surface area contributed by atoms with Crippen molar-refractivity contribution >= 4 is 27.3 Å². The van der Waals surface area contributed by atoms with Gasteiger partial charge in [0.15, 0.2) is 0 Å². The van der Waals surface area contributed by atoms with Gasteiger partial charge in [0.2, 0.25) is 0 Å². The van der Waals surface area contributed by atoms with Crippen LogP contribution in [0.5, 0.6) is 0 Å². The number of hydrogen-bond acceptors (Lipinski definition) is 2. The average molecular weight is 328 g/mol. The highest BCUT2D eigenvalue weighted by Crippen LogP contribution is 2.43. The normalized spacial score (nSPS) is 12.3.